The summed E-state index contributed by atoms with van der Waals surface area (Å²) in [5.41, 5.74) is 1.10. The van der Waals surface area contributed by atoms with Crippen LogP contribution >= 0.6 is 24.0 Å². The Morgan fingerprint density at radius 3 is 2.31 bits per heavy atom. The van der Waals surface area contributed by atoms with Crippen molar-refractivity contribution in [3.8, 4) is 0 Å². The van der Waals surface area contributed by atoms with Gasteiger partial charge in [0.05, 0.1) is 19.3 Å². The molecular weight excluding hydrogens is 209 g/mol. The van der Waals surface area contributed by atoms with Crippen molar-refractivity contribution in [2.75, 3.05) is 18.5 Å². The highest BCUT2D eigenvalue weighted by atomic mass is 35.5. The fourth-order valence-electron chi connectivity index (χ4n) is 1.10. The lowest BCUT2D eigenvalue weighted by Gasteiger charge is -2.27. The molecular formula is C9H11Cl2NO. The van der Waals surface area contributed by atoms with E-state index in [9.17, 15) is 0 Å². The lowest BCUT2D eigenvalue weighted by molar-refractivity contribution is 0.0211. The van der Waals surface area contributed by atoms with Gasteiger partial charge in [-0.15, -0.1) is 12.4 Å². The summed E-state index contributed by atoms with van der Waals surface area (Å²) in [6, 6.07) is 8.18. The summed E-state index contributed by atoms with van der Waals surface area (Å²) in [5, 5.41) is 4.09. The van der Waals surface area contributed by atoms with Crippen LogP contribution in [-0.2, 0) is 4.74 Å². The highest BCUT2D eigenvalue weighted by Gasteiger charge is 2.17. The normalized spacial score (nSPS) is 15.8. The van der Waals surface area contributed by atoms with Crippen LogP contribution < -0.4 is 5.32 Å². The number of anilines is 1. The van der Waals surface area contributed by atoms with E-state index in [1.165, 1.54) is 0 Å². The standard InChI is InChI=1S/C9H10ClNO.ClH/c10-7-1-3-8(4-2-7)11-9-5-12-6-9;/h1-4,9,11H,5-6H2;1H. The quantitative estimate of drug-likeness (QED) is 0.826. The molecule has 1 N–H and O–H groups in total. The van der Waals surface area contributed by atoms with Gasteiger partial charge >= 0.3 is 0 Å². The smallest absolute Gasteiger partial charge is 0.0728 e. The number of benzene rings is 1. The monoisotopic (exact) mass is 219 g/mol. The van der Waals surface area contributed by atoms with E-state index in [0.717, 1.165) is 23.9 Å². The van der Waals surface area contributed by atoms with E-state index >= 15 is 0 Å². The Balaban J connectivity index is 0.000000845. The summed E-state index contributed by atoms with van der Waals surface area (Å²) in [7, 11) is 0. The second kappa shape index (κ2) is 4.70. The lowest BCUT2D eigenvalue weighted by Crippen LogP contribution is -2.40. The van der Waals surface area contributed by atoms with Crippen LogP contribution in [0.2, 0.25) is 5.02 Å². The van der Waals surface area contributed by atoms with Crippen molar-refractivity contribution in [2.24, 2.45) is 0 Å². The van der Waals surface area contributed by atoms with Crippen LogP contribution in [0.15, 0.2) is 24.3 Å². The molecule has 72 valence electrons. The number of ether oxygens (including phenoxy) is 1. The third kappa shape index (κ3) is 2.76. The second-order valence-corrected chi connectivity index (χ2v) is 3.32. The number of halogens is 2. The zero-order valence-electron chi connectivity index (χ0n) is 7.00. The van der Waals surface area contributed by atoms with Crippen LogP contribution in [-0.4, -0.2) is 19.3 Å². The van der Waals surface area contributed by atoms with Crippen LogP contribution in [0.25, 0.3) is 0 Å². The summed E-state index contributed by atoms with van der Waals surface area (Å²) in [6.07, 6.45) is 0. The summed E-state index contributed by atoms with van der Waals surface area (Å²) in [5.74, 6) is 0. The SMILES string of the molecule is Cl.Clc1ccc(NC2COC2)cc1. The average molecular weight is 220 g/mol. The minimum Gasteiger partial charge on any atom is -0.378 e. The van der Waals surface area contributed by atoms with E-state index in [-0.39, 0.29) is 12.4 Å². The first kappa shape index (κ1) is 10.6. The Hall–Kier alpha value is -0.440. The molecule has 0 unspecified atom stereocenters. The Morgan fingerprint density at radius 2 is 1.85 bits per heavy atom. The largest absolute Gasteiger partial charge is 0.378 e. The molecule has 0 aromatic heterocycles. The predicted octanol–water partition coefficient (Wildman–Crippen LogP) is 2.57. The van der Waals surface area contributed by atoms with Gasteiger partial charge in [-0.1, -0.05) is 11.6 Å². The van der Waals surface area contributed by atoms with Crippen molar-refractivity contribution in [3.05, 3.63) is 29.3 Å². The molecule has 1 aliphatic rings. The van der Waals surface area contributed by atoms with E-state index in [2.05, 4.69) is 5.32 Å². The van der Waals surface area contributed by atoms with Crippen molar-refractivity contribution in [2.45, 2.75) is 6.04 Å². The van der Waals surface area contributed by atoms with Crippen LogP contribution in [0.1, 0.15) is 0 Å². The molecule has 0 spiro atoms. The fraction of sp³-hybridized carbons (Fsp3) is 0.333. The molecule has 0 radical (unpaired) electrons. The minimum atomic E-state index is 0. The zero-order valence-corrected chi connectivity index (χ0v) is 8.57. The van der Waals surface area contributed by atoms with Gasteiger partial charge in [0.2, 0.25) is 0 Å². The van der Waals surface area contributed by atoms with E-state index in [4.69, 9.17) is 16.3 Å². The summed E-state index contributed by atoms with van der Waals surface area (Å²) in [4.78, 5) is 0. The maximum atomic E-state index is 5.74. The Kier molecular flexibility index (Phi) is 3.85. The van der Waals surface area contributed by atoms with Gasteiger partial charge in [0, 0.05) is 10.7 Å². The third-order valence-electron chi connectivity index (χ3n) is 1.85. The number of hydrogen-bond donors (Lipinski definition) is 1. The molecule has 2 rings (SSSR count). The molecule has 1 aromatic rings. The highest BCUT2D eigenvalue weighted by Crippen LogP contribution is 2.16. The molecule has 1 aromatic carbocycles. The summed E-state index contributed by atoms with van der Waals surface area (Å²) >= 11 is 5.74. The van der Waals surface area contributed by atoms with Crippen molar-refractivity contribution in [1.29, 1.82) is 0 Å². The van der Waals surface area contributed by atoms with Gasteiger partial charge in [0.1, 0.15) is 0 Å². The molecule has 0 aliphatic carbocycles. The first-order chi connectivity index (χ1) is 5.84. The Labute approximate surface area is 88.6 Å². The van der Waals surface area contributed by atoms with Gasteiger partial charge in [-0.25, -0.2) is 0 Å². The second-order valence-electron chi connectivity index (χ2n) is 2.89. The van der Waals surface area contributed by atoms with E-state index in [0.29, 0.717) is 6.04 Å². The number of nitrogens with one attached hydrogen (secondary N) is 1. The molecule has 0 saturated carbocycles. The minimum absolute atomic E-state index is 0. The maximum Gasteiger partial charge on any atom is 0.0728 e. The third-order valence-corrected chi connectivity index (χ3v) is 2.11. The molecule has 13 heavy (non-hydrogen) atoms. The van der Waals surface area contributed by atoms with Crippen molar-refractivity contribution in [1.82, 2.24) is 0 Å². The first-order valence-electron chi connectivity index (χ1n) is 3.94. The molecule has 4 heteroatoms. The summed E-state index contributed by atoms with van der Waals surface area (Å²) in [6.45, 7) is 1.62. The predicted molar refractivity (Wildman–Crippen MR) is 56.9 cm³/mol. The van der Waals surface area contributed by atoms with E-state index in [1.807, 2.05) is 24.3 Å². The molecule has 1 heterocycles. The van der Waals surface area contributed by atoms with E-state index in [1.54, 1.807) is 0 Å². The maximum absolute atomic E-state index is 5.74. The molecule has 0 bridgehead atoms. The van der Waals surface area contributed by atoms with Crippen LogP contribution in [0.4, 0.5) is 5.69 Å². The van der Waals surface area contributed by atoms with Crippen LogP contribution in [0.5, 0.6) is 0 Å². The van der Waals surface area contributed by atoms with Gasteiger partial charge in [-0.3, -0.25) is 0 Å². The van der Waals surface area contributed by atoms with Gasteiger partial charge in [0.25, 0.3) is 0 Å². The number of hydrogen-bond acceptors (Lipinski definition) is 2. The molecule has 1 fully saturated rings. The van der Waals surface area contributed by atoms with Crippen LogP contribution in [0, 0.1) is 0 Å². The van der Waals surface area contributed by atoms with E-state index < -0.39 is 0 Å². The Bertz CT molecular complexity index is 259. The molecule has 1 saturated heterocycles. The fourth-order valence-corrected chi connectivity index (χ4v) is 1.23. The zero-order chi connectivity index (χ0) is 8.39. The molecule has 0 atom stereocenters. The van der Waals surface area contributed by atoms with Crippen molar-refractivity contribution in [3.63, 3.8) is 0 Å². The van der Waals surface area contributed by atoms with Crippen molar-refractivity contribution < 1.29 is 4.74 Å². The van der Waals surface area contributed by atoms with Gasteiger partial charge in [-0.05, 0) is 24.3 Å². The van der Waals surface area contributed by atoms with Crippen molar-refractivity contribution >= 4 is 29.7 Å². The molecule has 0 amide bonds. The number of rotatable bonds is 2. The Morgan fingerprint density at radius 1 is 1.23 bits per heavy atom. The highest BCUT2D eigenvalue weighted by molar-refractivity contribution is 6.30. The molecule has 1 aliphatic heterocycles. The van der Waals surface area contributed by atoms with Crippen LogP contribution in [0.3, 0.4) is 0 Å². The van der Waals surface area contributed by atoms with Gasteiger partial charge in [-0.2, -0.15) is 0 Å². The average Bonchev–Trinajstić information content (AvgIpc) is 2.00. The lowest BCUT2D eigenvalue weighted by atomic mass is 10.2. The summed E-state index contributed by atoms with van der Waals surface area (Å²) < 4.78 is 5.04. The topological polar surface area (TPSA) is 21.3 Å². The van der Waals surface area contributed by atoms with Gasteiger partial charge in [0.15, 0.2) is 0 Å². The molecule has 2 nitrogen and oxygen atoms in total. The first-order valence-corrected chi connectivity index (χ1v) is 4.32. The van der Waals surface area contributed by atoms with Gasteiger partial charge < -0.3 is 10.1 Å².